The van der Waals surface area contributed by atoms with Crippen LogP contribution < -0.4 is 15.9 Å². The van der Waals surface area contributed by atoms with Crippen molar-refractivity contribution in [3.8, 4) is 11.6 Å². The van der Waals surface area contributed by atoms with Crippen LogP contribution in [0.2, 0.25) is 5.15 Å². The Bertz CT molecular complexity index is 613. The molecule has 0 aliphatic carbocycles. The van der Waals surface area contributed by atoms with E-state index < -0.39 is 6.03 Å². The molecule has 8 heteroatoms. The number of urea groups is 1. The number of amides is 2. The van der Waals surface area contributed by atoms with Crippen molar-refractivity contribution in [3.05, 3.63) is 47.1 Å². The van der Waals surface area contributed by atoms with Crippen molar-refractivity contribution in [2.24, 2.45) is 10.8 Å². The van der Waals surface area contributed by atoms with Crippen molar-refractivity contribution < 1.29 is 9.53 Å². The average Bonchev–Trinajstić information content (AvgIpc) is 2.43. The van der Waals surface area contributed by atoms with Gasteiger partial charge in [0.1, 0.15) is 5.75 Å². The normalized spacial score (nSPS) is 10.4. The largest absolute Gasteiger partial charge is 0.438 e. The number of benzene rings is 1. The summed E-state index contributed by atoms with van der Waals surface area (Å²) in [6, 6.07) is 9.43. The van der Waals surface area contributed by atoms with E-state index >= 15 is 0 Å². The first-order valence-electron chi connectivity index (χ1n) is 5.49. The number of carbonyl (C=O) groups is 1. The van der Waals surface area contributed by atoms with Crippen LogP contribution in [0.3, 0.4) is 0 Å². The Hall–Kier alpha value is -2.67. The van der Waals surface area contributed by atoms with Gasteiger partial charge >= 0.3 is 6.03 Å². The fourth-order valence-corrected chi connectivity index (χ4v) is 1.37. The molecular weight excluding hydrogens is 282 g/mol. The van der Waals surface area contributed by atoms with Crippen molar-refractivity contribution in [1.29, 1.82) is 0 Å². The van der Waals surface area contributed by atoms with E-state index in [1.165, 1.54) is 6.21 Å². The van der Waals surface area contributed by atoms with Crippen molar-refractivity contribution in [2.45, 2.75) is 0 Å². The number of hydrogen-bond donors (Lipinski definition) is 2. The molecule has 1 heterocycles. The zero-order valence-corrected chi connectivity index (χ0v) is 10.9. The van der Waals surface area contributed by atoms with Gasteiger partial charge < -0.3 is 10.5 Å². The molecule has 7 nitrogen and oxygen atoms in total. The molecule has 3 N–H and O–H groups in total. The molecule has 1 aromatic heterocycles. The topological polar surface area (TPSA) is 102 Å². The molecule has 0 bridgehead atoms. The highest BCUT2D eigenvalue weighted by Crippen LogP contribution is 2.19. The Morgan fingerprint density at radius 1 is 1.25 bits per heavy atom. The summed E-state index contributed by atoms with van der Waals surface area (Å²) in [4.78, 5) is 10.4. The molecule has 0 aliphatic rings. The molecule has 0 aliphatic heterocycles. The summed E-state index contributed by atoms with van der Waals surface area (Å²) in [7, 11) is 0. The van der Waals surface area contributed by atoms with E-state index in [0.29, 0.717) is 16.8 Å². The maximum atomic E-state index is 10.4. The van der Waals surface area contributed by atoms with Crippen LogP contribution in [-0.2, 0) is 0 Å². The second-order valence-corrected chi connectivity index (χ2v) is 3.99. The van der Waals surface area contributed by atoms with Gasteiger partial charge in [-0.25, -0.2) is 10.2 Å². The molecule has 0 spiro atoms. The van der Waals surface area contributed by atoms with Crippen LogP contribution in [-0.4, -0.2) is 22.4 Å². The lowest BCUT2D eigenvalue weighted by Gasteiger charge is -2.03. The second-order valence-electron chi connectivity index (χ2n) is 3.60. The van der Waals surface area contributed by atoms with Gasteiger partial charge in [-0.2, -0.15) is 5.10 Å². The number of primary amides is 1. The molecule has 0 radical (unpaired) electrons. The number of hydrogen-bond acceptors (Lipinski definition) is 5. The van der Waals surface area contributed by atoms with Crippen LogP contribution in [0.1, 0.15) is 5.56 Å². The zero-order chi connectivity index (χ0) is 14.4. The minimum atomic E-state index is -0.720. The zero-order valence-electron chi connectivity index (χ0n) is 10.2. The molecule has 2 rings (SSSR count). The molecule has 102 valence electrons. The van der Waals surface area contributed by atoms with E-state index in [1.807, 2.05) is 0 Å². The predicted octanol–water partition coefficient (Wildman–Crippen LogP) is 1.92. The fraction of sp³-hybridized carbons (Fsp3) is 0. The van der Waals surface area contributed by atoms with E-state index in [4.69, 9.17) is 22.1 Å². The highest BCUT2D eigenvalue weighted by atomic mass is 35.5. The van der Waals surface area contributed by atoms with E-state index in [1.54, 1.807) is 36.4 Å². The molecular formula is C12H10ClN5O2. The molecule has 20 heavy (non-hydrogen) atoms. The number of carbonyl (C=O) groups excluding carboxylic acids is 1. The summed E-state index contributed by atoms with van der Waals surface area (Å²) in [6.07, 6.45) is 1.45. The Balaban J connectivity index is 1.99. The van der Waals surface area contributed by atoms with Crippen LogP contribution in [0, 0.1) is 0 Å². The first-order chi connectivity index (χ1) is 9.63. The van der Waals surface area contributed by atoms with Crippen molar-refractivity contribution >= 4 is 23.8 Å². The fourth-order valence-electron chi connectivity index (χ4n) is 1.27. The minimum Gasteiger partial charge on any atom is -0.438 e. The van der Waals surface area contributed by atoms with Gasteiger partial charge in [-0.1, -0.05) is 11.6 Å². The summed E-state index contributed by atoms with van der Waals surface area (Å²) in [5, 5.41) is 11.4. The van der Waals surface area contributed by atoms with Crippen molar-refractivity contribution in [1.82, 2.24) is 15.6 Å². The third kappa shape index (κ3) is 4.21. The summed E-state index contributed by atoms with van der Waals surface area (Å²) < 4.78 is 5.46. The lowest BCUT2D eigenvalue weighted by atomic mass is 10.2. The molecule has 1 aromatic carbocycles. The Morgan fingerprint density at radius 3 is 2.60 bits per heavy atom. The number of nitrogens with zero attached hydrogens (tertiary/aromatic N) is 3. The van der Waals surface area contributed by atoms with Crippen LogP contribution in [0.5, 0.6) is 11.6 Å². The molecule has 0 unspecified atom stereocenters. The lowest BCUT2D eigenvalue weighted by molar-refractivity contribution is 0.249. The highest BCUT2D eigenvalue weighted by Gasteiger charge is 1.99. The number of rotatable bonds is 4. The minimum absolute atomic E-state index is 0.297. The molecule has 2 aromatic rings. The first-order valence-corrected chi connectivity index (χ1v) is 5.87. The third-order valence-corrected chi connectivity index (χ3v) is 2.30. The average molecular weight is 292 g/mol. The Morgan fingerprint density at radius 2 is 2.00 bits per heavy atom. The smallest absolute Gasteiger partial charge is 0.332 e. The lowest BCUT2D eigenvalue weighted by Crippen LogP contribution is -2.24. The van der Waals surface area contributed by atoms with E-state index in [0.717, 1.165) is 5.56 Å². The van der Waals surface area contributed by atoms with E-state index in [9.17, 15) is 4.79 Å². The standard InChI is InChI=1S/C12H10ClN5O2/c13-10-5-6-11(17-16-10)20-9-3-1-8(2-4-9)7-15-18-12(14)19/h1-7H,(H3,14,18,19). The number of ether oxygens (including phenoxy) is 1. The van der Waals surface area contributed by atoms with Gasteiger partial charge in [0.15, 0.2) is 5.15 Å². The first kappa shape index (κ1) is 13.8. The summed E-state index contributed by atoms with van der Waals surface area (Å²) >= 11 is 5.62. The summed E-state index contributed by atoms with van der Waals surface area (Å²) in [6.45, 7) is 0. The molecule has 0 saturated heterocycles. The monoisotopic (exact) mass is 291 g/mol. The summed E-state index contributed by atoms with van der Waals surface area (Å²) in [5.74, 6) is 0.924. The summed E-state index contributed by atoms with van der Waals surface area (Å²) in [5.41, 5.74) is 7.74. The quantitative estimate of drug-likeness (QED) is 0.663. The maximum absolute atomic E-state index is 10.4. The van der Waals surface area contributed by atoms with Crippen molar-refractivity contribution in [3.63, 3.8) is 0 Å². The van der Waals surface area contributed by atoms with Gasteiger partial charge in [0, 0.05) is 6.07 Å². The molecule has 0 atom stereocenters. The van der Waals surface area contributed by atoms with Crippen LogP contribution in [0.25, 0.3) is 0 Å². The predicted molar refractivity (Wildman–Crippen MR) is 73.9 cm³/mol. The number of nitrogens with two attached hydrogens (primary N) is 1. The van der Waals surface area contributed by atoms with Gasteiger partial charge in [-0.15, -0.1) is 10.2 Å². The van der Waals surface area contributed by atoms with Gasteiger partial charge in [-0.05, 0) is 35.9 Å². The van der Waals surface area contributed by atoms with Gasteiger partial charge in [0.2, 0.25) is 5.88 Å². The van der Waals surface area contributed by atoms with Gasteiger partial charge in [0.25, 0.3) is 0 Å². The Labute approximate surface area is 119 Å². The number of nitrogens with one attached hydrogen (secondary N) is 1. The third-order valence-electron chi connectivity index (χ3n) is 2.10. The van der Waals surface area contributed by atoms with Crippen LogP contribution >= 0.6 is 11.6 Å². The molecule has 0 saturated carbocycles. The SMILES string of the molecule is NC(=O)NN=Cc1ccc(Oc2ccc(Cl)nn2)cc1. The number of halogens is 1. The second kappa shape index (κ2) is 6.48. The van der Waals surface area contributed by atoms with E-state index in [-0.39, 0.29) is 0 Å². The molecule has 2 amide bonds. The van der Waals surface area contributed by atoms with Crippen molar-refractivity contribution in [2.75, 3.05) is 0 Å². The van der Waals surface area contributed by atoms with Crippen LogP contribution in [0.4, 0.5) is 4.79 Å². The van der Waals surface area contributed by atoms with Gasteiger partial charge in [0.05, 0.1) is 6.21 Å². The Kier molecular flexibility index (Phi) is 4.46. The van der Waals surface area contributed by atoms with Crippen LogP contribution in [0.15, 0.2) is 41.5 Å². The van der Waals surface area contributed by atoms with E-state index in [2.05, 4.69) is 20.7 Å². The highest BCUT2D eigenvalue weighted by molar-refractivity contribution is 6.29. The molecule has 0 fully saturated rings. The maximum Gasteiger partial charge on any atom is 0.332 e. The van der Waals surface area contributed by atoms with Gasteiger partial charge in [-0.3, -0.25) is 0 Å². The number of aromatic nitrogens is 2. The number of hydrazone groups is 1.